The summed E-state index contributed by atoms with van der Waals surface area (Å²) >= 11 is 5.82. The quantitative estimate of drug-likeness (QED) is 0.786. The molecule has 3 aromatic rings. The fourth-order valence-corrected chi connectivity index (χ4v) is 2.12. The summed E-state index contributed by atoms with van der Waals surface area (Å²) in [6.45, 7) is 0.121. The number of anilines is 1. The summed E-state index contributed by atoms with van der Waals surface area (Å²) in [5.41, 5.74) is 5.25. The monoisotopic (exact) mass is 316 g/mol. The van der Waals surface area contributed by atoms with Crippen LogP contribution in [0.5, 0.6) is 0 Å². The number of halogens is 4. The number of fused-ring (bicyclic) bond motifs is 1. The standard InChI is InChI=1S/C11H8ClF3N6/c12-8-1-6(11(13,14)15)3-21-9(18-19-10(8)21)5-20-4-7(16)2-17-20/h1-4H,5,16H2. The van der Waals surface area contributed by atoms with E-state index in [-0.39, 0.29) is 23.0 Å². The van der Waals surface area contributed by atoms with Crippen LogP contribution >= 0.6 is 11.6 Å². The highest BCUT2D eigenvalue weighted by Gasteiger charge is 2.32. The SMILES string of the molecule is Nc1cnn(Cc2nnc3c(Cl)cc(C(F)(F)F)cn23)c1. The van der Waals surface area contributed by atoms with Crippen LogP contribution < -0.4 is 5.73 Å². The van der Waals surface area contributed by atoms with Crippen LogP contribution in [0.25, 0.3) is 5.65 Å². The molecule has 3 heterocycles. The Morgan fingerprint density at radius 2 is 2.00 bits per heavy atom. The number of nitrogens with zero attached hydrogens (tertiary/aromatic N) is 5. The van der Waals surface area contributed by atoms with Gasteiger partial charge in [0.2, 0.25) is 0 Å². The predicted molar refractivity (Wildman–Crippen MR) is 68.7 cm³/mol. The van der Waals surface area contributed by atoms with Crippen molar-refractivity contribution in [3.63, 3.8) is 0 Å². The van der Waals surface area contributed by atoms with Crippen LogP contribution in [0.1, 0.15) is 11.4 Å². The maximum absolute atomic E-state index is 12.8. The van der Waals surface area contributed by atoms with Crippen molar-refractivity contribution in [1.82, 2.24) is 24.4 Å². The van der Waals surface area contributed by atoms with Crippen LogP contribution in [-0.4, -0.2) is 24.4 Å². The Balaban J connectivity index is 2.09. The molecule has 0 spiro atoms. The van der Waals surface area contributed by atoms with Gasteiger partial charge < -0.3 is 5.73 Å². The van der Waals surface area contributed by atoms with E-state index in [1.807, 2.05) is 0 Å². The summed E-state index contributed by atoms with van der Waals surface area (Å²) in [5.74, 6) is 0.265. The lowest BCUT2D eigenvalue weighted by Gasteiger charge is -2.08. The number of hydrogen-bond donors (Lipinski definition) is 1. The molecule has 0 aliphatic heterocycles. The van der Waals surface area contributed by atoms with Crippen LogP contribution in [0.3, 0.4) is 0 Å². The van der Waals surface area contributed by atoms with E-state index < -0.39 is 11.7 Å². The van der Waals surface area contributed by atoms with E-state index in [1.165, 1.54) is 21.5 Å². The minimum Gasteiger partial charge on any atom is -0.396 e. The van der Waals surface area contributed by atoms with Gasteiger partial charge in [0, 0.05) is 12.4 Å². The molecule has 6 nitrogen and oxygen atoms in total. The highest BCUT2D eigenvalue weighted by atomic mass is 35.5. The van der Waals surface area contributed by atoms with Gasteiger partial charge in [-0.15, -0.1) is 10.2 Å². The van der Waals surface area contributed by atoms with Crippen LogP contribution in [0.2, 0.25) is 5.02 Å². The van der Waals surface area contributed by atoms with Crippen molar-refractivity contribution in [3.05, 3.63) is 41.1 Å². The molecule has 0 aromatic carbocycles. The number of hydrogen-bond acceptors (Lipinski definition) is 4. The van der Waals surface area contributed by atoms with Crippen molar-refractivity contribution < 1.29 is 13.2 Å². The lowest BCUT2D eigenvalue weighted by atomic mass is 10.3. The Labute approximate surface area is 120 Å². The minimum atomic E-state index is -4.50. The maximum Gasteiger partial charge on any atom is 0.417 e. The summed E-state index contributed by atoms with van der Waals surface area (Å²) < 4.78 is 41.1. The molecule has 0 aliphatic rings. The fourth-order valence-electron chi connectivity index (χ4n) is 1.87. The highest BCUT2D eigenvalue weighted by Crippen LogP contribution is 2.32. The molecule has 0 saturated carbocycles. The van der Waals surface area contributed by atoms with E-state index in [2.05, 4.69) is 15.3 Å². The van der Waals surface area contributed by atoms with Crippen LogP contribution in [0.4, 0.5) is 18.9 Å². The van der Waals surface area contributed by atoms with Gasteiger partial charge in [-0.05, 0) is 6.07 Å². The maximum atomic E-state index is 12.8. The largest absolute Gasteiger partial charge is 0.417 e. The van der Waals surface area contributed by atoms with Gasteiger partial charge in [-0.3, -0.25) is 9.08 Å². The Kier molecular flexibility index (Phi) is 3.01. The number of nitrogen functional groups attached to an aromatic ring is 1. The van der Waals surface area contributed by atoms with Gasteiger partial charge >= 0.3 is 6.18 Å². The Morgan fingerprint density at radius 1 is 1.24 bits per heavy atom. The molecule has 21 heavy (non-hydrogen) atoms. The molecule has 2 N–H and O–H groups in total. The summed E-state index contributed by atoms with van der Waals surface area (Å²) in [4.78, 5) is 0. The molecule has 0 radical (unpaired) electrons. The van der Waals surface area contributed by atoms with Crippen molar-refractivity contribution in [3.8, 4) is 0 Å². The Bertz CT molecular complexity index is 806. The first-order valence-corrected chi connectivity index (χ1v) is 6.10. The van der Waals surface area contributed by atoms with Crippen molar-refractivity contribution in [2.75, 3.05) is 5.73 Å². The van der Waals surface area contributed by atoms with Crippen LogP contribution in [-0.2, 0) is 12.7 Å². The van der Waals surface area contributed by atoms with Gasteiger partial charge in [0.15, 0.2) is 11.5 Å². The van der Waals surface area contributed by atoms with Gasteiger partial charge in [-0.2, -0.15) is 18.3 Å². The van der Waals surface area contributed by atoms with Gasteiger partial charge in [0.05, 0.1) is 22.5 Å². The topological polar surface area (TPSA) is 74.0 Å². The van der Waals surface area contributed by atoms with Crippen LogP contribution in [0, 0.1) is 0 Å². The van der Waals surface area contributed by atoms with Gasteiger partial charge in [-0.1, -0.05) is 11.6 Å². The molecule has 0 bridgehead atoms. The number of nitrogens with two attached hydrogens (primary N) is 1. The molecule has 0 aliphatic carbocycles. The average molecular weight is 317 g/mol. The summed E-state index contributed by atoms with van der Waals surface area (Å²) in [5, 5.41) is 11.5. The first-order valence-electron chi connectivity index (χ1n) is 5.73. The van der Waals surface area contributed by atoms with E-state index in [0.29, 0.717) is 5.69 Å². The average Bonchev–Trinajstić information content (AvgIpc) is 2.96. The summed E-state index contributed by atoms with van der Waals surface area (Å²) in [6.07, 6.45) is -0.632. The van der Waals surface area contributed by atoms with Crippen molar-refractivity contribution in [2.45, 2.75) is 12.7 Å². The smallest absolute Gasteiger partial charge is 0.396 e. The molecule has 3 rings (SSSR count). The number of rotatable bonds is 2. The second-order valence-electron chi connectivity index (χ2n) is 4.36. The third-order valence-electron chi connectivity index (χ3n) is 2.81. The van der Waals surface area contributed by atoms with E-state index in [9.17, 15) is 13.2 Å². The molecule has 10 heteroatoms. The second-order valence-corrected chi connectivity index (χ2v) is 4.76. The molecule has 0 fully saturated rings. The van der Waals surface area contributed by atoms with Crippen LogP contribution in [0.15, 0.2) is 24.7 Å². The zero-order valence-corrected chi connectivity index (χ0v) is 11.1. The Hall–Kier alpha value is -2.29. The van der Waals surface area contributed by atoms with Crippen molar-refractivity contribution in [1.29, 1.82) is 0 Å². The van der Waals surface area contributed by atoms with Crippen molar-refractivity contribution in [2.24, 2.45) is 0 Å². The molecule has 0 atom stereocenters. The number of alkyl halides is 3. The van der Waals surface area contributed by atoms with E-state index in [4.69, 9.17) is 17.3 Å². The van der Waals surface area contributed by atoms with E-state index in [1.54, 1.807) is 0 Å². The minimum absolute atomic E-state index is 0.121. The third-order valence-corrected chi connectivity index (χ3v) is 3.09. The van der Waals surface area contributed by atoms with E-state index in [0.717, 1.165) is 12.3 Å². The lowest BCUT2D eigenvalue weighted by Crippen LogP contribution is -2.09. The molecule has 0 saturated heterocycles. The first-order chi connectivity index (χ1) is 9.84. The zero-order valence-electron chi connectivity index (χ0n) is 10.3. The summed E-state index contributed by atoms with van der Waals surface area (Å²) in [6, 6.07) is 0.821. The molecular weight excluding hydrogens is 309 g/mol. The first kappa shape index (κ1) is 13.7. The molecule has 0 amide bonds. The van der Waals surface area contributed by atoms with Crippen molar-refractivity contribution >= 4 is 22.9 Å². The predicted octanol–water partition coefficient (Wildman–Crippen LogP) is 2.23. The molecule has 3 aromatic heterocycles. The summed E-state index contributed by atoms with van der Waals surface area (Å²) in [7, 11) is 0. The molecule has 110 valence electrons. The molecule has 0 unspecified atom stereocenters. The van der Waals surface area contributed by atoms with Gasteiger partial charge in [0.1, 0.15) is 6.54 Å². The van der Waals surface area contributed by atoms with Gasteiger partial charge in [-0.25, -0.2) is 0 Å². The fraction of sp³-hybridized carbons (Fsp3) is 0.182. The normalized spacial score (nSPS) is 12.2. The van der Waals surface area contributed by atoms with E-state index >= 15 is 0 Å². The number of pyridine rings is 1. The lowest BCUT2D eigenvalue weighted by molar-refractivity contribution is -0.137. The Morgan fingerprint density at radius 3 is 2.62 bits per heavy atom. The number of aromatic nitrogens is 5. The zero-order chi connectivity index (χ0) is 15.2. The second kappa shape index (κ2) is 4.62. The highest BCUT2D eigenvalue weighted by molar-refractivity contribution is 6.33. The van der Waals surface area contributed by atoms with Gasteiger partial charge in [0.25, 0.3) is 0 Å². The third kappa shape index (κ3) is 2.51. The molecular formula is C11H8ClF3N6.